The third-order valence-electron chi connectivity index (χ3n) is 8.97. The molecule has 0 aliphatic rings. The maximum Gasteiger partial charge on any atom is 0.0542 e. The second-order valence-electron chi connectivity index (χ2n) is 11.5. The summed E-state index contributed by atoms with van der Waals surface area (Å²) in [5.41, 5.74) is 11.8. The van der Waals surface area contributed by atoms with Crippen LogP contribution in [0.2, 0.25) is 0 Å². The molecular weight excluding hydrogens is 612 g/mol. The average molecular weight is 640 g/mol. The van der Waals surface area contributed by atoms with Crippen molar-refractivity contribution in [2.75, 3.05) is 0 Å². The number of hydrogen-bond acceptors (Lipinski definition) is 0. The molecule has 7 aromatic carbocycles. The fraction of sp³-hybridized carbons (Fsp3) is 0. The highest BCUT2D eigenvalue weighted by Crippen LogP contribution is 2.40. The third-order valence-corrected chi connectivity index (χ3v) is 9.46. The van der Waals surface area contributed by atoms with Crippen LogP contribution in [0.3, 0.4) is 0 Å². The van der Waals surface area contributed by atoms with Crippen LogP contribution in [-0.4, -0.2) is 9.13 Å². The zero-order valence-electron chi connectivity index (χ0n) is 24.4. The Kier molecular flexibility index (Phi) is 6.00. The van der Waals surface area contributed by atoms with Crippen LogP contribution in [0, 0.1) is 0 Å². The molecule has 0 amide bonds. The standard InChI is InChI=1S/C42H27BrN2/c43-31-14-10-12-29(26-31)28-11-9-13-30(25-28)37-27-32(44-38-19-5-1-15-33(38)34-16-2-6-20-39(34)44)23-24-42(37)45-40-21-7-3-17-35(40)36-18-4-8-22-41(36)45/h1-27H. The van der Waals surface area contributed by atoms with Crippen molar-refractivity contribution in [1.82, 2.24) is 9.13 Å². The largest absolute Gasteiger partial charge is 0.309 e. The van der Waals surface area contributed by atoms with E-state index in [1.54, 1.807) is 0 Å². The van der Waals surface area contributed by atoms with Gasteiger partial charge in [0.15, 0.2) is 0 Å². The Morgan fingerprint density at radius 2 is 0.822 bits per heavy atom. The lowest BCUT2D eigenvalue weighted by Gasteiger charge is -2.18. The molecule has 0 N–H and O–H groups in total. The van der Waals surface area contributed by atoms with Gasteiger partial charge in [0.2, 0.25) is 0 Å². The molecule has 0 atom stereocenters. The van der Waals surface area contributed by atoms with E-state index in [4.69, 9.17) is 0 Å². The number of aromatic nitrogens is 2. The van der Waals surface area contributed by atoms with E-state index in [9.17, 15) is 0 Å². The summed E-state index contributed by atoms with van der Waals surface area (Å²) in [6.45, 7) is 0. The number of para-hydroxylation sites is 4. The van der Waals surface area contributed by atoms with Gasteiger partial charge >= 0.3 is 0 Å². The van der Waals surface area contributed by atoms with E-state index in [-0.39, 0.29) is 0 Å². The maximum absolute atomic E-state index is 3.67. The van der Waals surface area contributed by atoms with Gasteiger partial charge in [-0.1, -0.05) is 119 Å². The molecule has 0 aliphatic carbocycles. The number of nitrogens with zero attached hydrogens (tertiary/aromatic N) is 2. The van der Waals surface area contributed by atoms with Crippen LogP contribution in [0.25, 0.3) is 77.2 Å². The van der Waals surface area contributed by atoms with E-state index >= 15 is 0 Å². The lowest BCUT2D eigenvalue weighted by Crippen LogP contribution is -2.01. The highest BCUT2D eigenvalue weighted by atomic mass is 79.9. The summed E-state index contributed by atoms with van der Waals surface area (Å²) in [5.74, 6) is 0. The number of hydrogen-bond donors (Lipinski definition) is 0. The Balaban J connectivity index is 1.36. The van der Waals surface area contributed by atoms with Crippen molar-refractivity contribution in [2.45, 2.75) is 0 Å². The summed E-state index contributed by atoms with van der Waals surface area (Å²) in [7, 11) is 0. The van der Waals surface area contributed by atoms with Gasteiger partial charge in [0.25, 0.3) is 0 Å². The van der Waals surface area contributed by atoms with Gasteiger partial charge in [-0.15, -0.1) is 0 Å². The predicted molar refractivity (Wildman–Crippen MR) is 194 cm³/mol. The van der Waals surface area contributed by atoms with Gasteiger partial charge in [0.1, 0.15) is 0 Å². The quantitative estimate of drug-likeness (QED) is 0.181. The number of fused-ring (bicyclic) bond motifs is 6. The Morgan fingerprint density at radius 1 is 0.356 bits per heavy atom. The van der Waals surface area contributed by atoms with E-state index in [2.05, 4.69) is 189 Å². The second kappa shape index (κ2) is 10.4. The molecule has 2 nitrogen and oxygen atoms in total. The predicted octanol–water partition coefficient (Wildman–Crippen LogP) is 12.0. The maximum atomic E-state index is 3.67. The molecule has 2 heterocycles. The van der Waals surface area contributed by atoms with Crippen molar-refractivity contribution < 1.29 is 0 Å². The fourth-order valence-corrected chi connectivity index (χ4v) is 7.41. The molecule has 45 heavy (non-hydrogen) atoms. The van der Waals surface area contributed by atoms with E-state index < -0.39 is 0 Å². The molecule has 0 unspecified atom stereocenters. The molecular formula is C42H27BrN2. The molecule has 0 bridgehead atoms. The smallest absolute Gasteiger partial charge is 0.0542 e. The highest BCUT2D eigenvalue weighted by Gasteiger charge is 2.18. The zero-order chi connectivity index (χ0) is 29.9. The monoisotopic (exact) mass is 638 g/mol. The minimum atomic E-state index is 1.07. The second-order valence-corrected chi connectivity index (χ2v) is 12.4. The van der Waals surface area contributed by atoms with Crippen molar-refractivity contribution in [3.05, 3.63) is 168 Å². The first-order valence-corrected chi connectivity index (χ1v) is 16.0. The average Bonchev–Trinajstić information content (AvgIpc) is 3.61. The summed E-state index contributed by atoms with van der Waals surface area (Å²) < 4.78 is 5.91. The minimum Gasteiger partial charge on any atom is -0.309 e. The van der Waals surface area contributed by atoms with Crippen molar-refractivity contribution in [3.8, 4) is 33.6 Å². The minimum absolute atomic E-state index is 1.07. The van der Waals surface area contributed by atoms with Crippen LogP contribution in [0.4, 0.5) is 0 Å². The molecule has 212 valence electrons. The van der Waals surface area contributed by atoms with Gasteiger partial charge in [0, 0.05) is 37.3 Å². The Labute approximate surface area is 269 Å². The van der Waals surface area contributed by atoms with Crippen LogP contribution in [0.5, 0.6) is 0 Å². The SMILES string of the molecule is Brc1cccc(-c2cccc(-c3cc(-n4c5ccccc5c5ccccc54)ccc3-n3c4ccccc4c4ccccc43)c2)c1. The first kappa shape index (κ1) is 26.1. The van der Waals surface area contributed by atoms with Crippen LogP contribution < -0.4 is 0 Å². The van der Waals surface area contributed by atoms with E-state index in [1.807, 2.05) is 0 Å². The molecule has 0 aliphatic heterocycles. The molecule has 9 aromatic rings. The molecule has 3 heteroatoms. The lowest BCUT2D eigenvalue weighted by molar-refractivity contribution is 1.15. The Morgan fingerprint density at radius 3 is 1.38 bits per heavy atom. The fourth-order valence-electron chi connectivity index (χ4n) is 7.01. The highest BCUT2D eigenvalue weighted by molar-refractivity contribution is 9.10. The van der Waals surface area contributed by atoms with Crippen molar-refractivity contribution >= 4 is 59.5 Å². The molecule has 0 radical (unpaired) electrons. The summed E-state index contributed by atoms with van der Waals surface area (Å²) in [4.78, 5) is 0. The molecule has 2 aromatic heterocycles. The normalized spacial score (nSPS) is 11.7. The topological polar surface area (TPSA) is 9.86 Å². The van der Waals surface area contributed by atoms with Gasteiger partial charge in [0.05, 0.1) is 27.8 Å². The summed E-state index contributed by atoms with van der Waals surface area (Å²) in [5, 5.41) is 5.04. The molecule has 0 saturated heterocycles. The first-order chi connectivity index (χ1) is 22.2. The van der Waals surface area contributed by atoms with Crippen LogP contribution in [-0.2, 0) is 0 Å². The third kappa shape index (κ3) is 4.16. The van der Waals surface area contributed by atoms with Crippen molar-refractivity contribution in [3.63, 3.8) is 0 Å². The van der Waals surface area contributed by atoms with Crippen LogP contribution in [0.1, 0.15) is 0 Å². The van der Waals surface area contributed by atoms with Crippen molar-refractivity contribution in [2.24, 2.45) is 0 Å². The van der Waals surface area contributed by atoms with Crippen LogP contribution in [0.15, 0.2) is 168 Å². The van der Waals surface area contributed by atoms with E-state index in [1.165, 1.54) is 65.9 Å². The molecule has 9 rings (SSSR count). The van der Waals surface area contributed by atoms with Crippen molar-refractivity contribution in [1.29, 1.82) is 0 Å². The first-order valence-electron chi connectivity index (χ1n) is 15.2. The van der Waals surface area contributed by atoms with Crippen LogP contribution >= 0.6 is 15.9 Å². The summed E-state index contributed by atoms with van der Waals surface area (Å²) in [6.07, 6.45) is 0. The van der Waals surface area contributed by atoms with Gasteiger partial charge in [-0.05, 0) is 77.4 Å². The van der Waals surface area contributed by atoms with E-state index in [0.29, 0.717) is 0 Å². The molecule has 0 saturated carbocycles. The molecule has 0 spiro atoms. The Bertz CT molecular complexity index is 2460. The van der Waals surface area contributed by atoms with Gasteiger partial charge in [-0.25, -0.2) is 0 Å². The van der Waals surface area contributed by atoms with Gasteiger partial charge in [-0.2, -0.15) is 0 Å². The van der Waals surface area contributed by atoms with Gasteiger partial charge in [-0.3, -0.25) is 0 Å². The summed E-state index contributed by atoms with van der Waals surface area (Å²) in [6, 6.07) is 59.3. The van der Waals surface area contributed by atoms with Gasteiger partial charge < -0.3 is 9.13 Å². The number of rotatable bonds is 4. The van der Waals surface area contributed by atoms with E-state index in [0.717, 1.165) is 15.8 Å². The Hall–Kier alpha value is -5.38. The number of halogens is 1. The number of benzene rings is 7. The summed E-state index contributed by atoms with van der Waals surface area (Å²) >= 11 is 3.67. The zero-order valence-corrected chi connectivity index (χ0v) is 25.9. The lowest BCUT2D eigenvalue weighted by atomic mass is 9.97. The molecule has 0 fully saturated rings.